The fourth-order valence-electron chi connectivity index (χ4n) is 3.20. The zero-order valence-corrected chi connectivity index (χ0v) is 15.2. The van der Waals surface area contributed by atoms with Crippen molar-refractivity contribution in [3.05, 3.63) is 47.9 Å². The van der Waals surface area contributed by atoms with E-state index < -0.39 is 5.60 Å². The molecule has 26 heavy (non-hydrogen) atoms. The van der Waals surface area contributed by atoms with Crippen molar-refractivity contribution in [2.75, 3.05) is 19.7 Å². The van der Waals surface area contributed by atoms with Crippen LogP contribution in [0.3, 0.4) is 0 Å². The number of carbonyl (C=O) groups excluding carboxylic acids is 1. The lowest BCUT2D eigenvalue weighted by Crippen LogP contribution is -2.38. The number of hydrogen-bond acceptors (Lipinski definition) is 5. The molecule has 0 radical (unpaired) electrons. The van der Waals surface area contributed by atoms with Crippen LogP contribution in [0.1, 0.15) is 48.9 Å². The van der Waals surface area contributed by atoms with Crippen LogP contribution in [0, 0.1) is 0 Å². The number of nitrogens with zero attached hydrogens (tertiary/aromatic N) is 2. The fourth-order valence-corrected chi connectivity index (χ4v) is 3.20. The molecule has 1 aromatic heterocycles. The SMILES string of the molecule is CCCc1cc(C(=O)N2CCCC(O)(COc3ccccc3)CC2)no1. The number of hydrogen-bond donors (Lipinski definition) is 1. The Labute approximate surface area is 153 Å². The molecule has 1 amide bonds. The Morgan fingerprint density at radius 2 is 2.12 bits per heavy atom. The Bertz CT molecular complexity index is 716. The number of carbonyl (C=O) groups is 1. The van der Waals surface area contributed by atoms with Gasteiger partial charge in [-0.3, -0.25) is 4.79 Å². The third kappa shape index (κ3) is 4.64. The molecule has 0 saturated carbocycles. The summed E-state index contributed by atoms with van der Waals surface area (Å²) in [6.07, 6.45) is 3.52. The molecule has 6 nitrogen and oxygen atoms in total. The predicted molar refractivity (Wildman–Crippen MR) is 97.1 cm³/mol. The minimum Gasteiger partial charge on any atom is -0.491 e. The number of benzene rings is 1. The van der Waals surface area contributed by atoms with E-state index in [4.69, 9.17) is 9.26 Å². The van der Waals surface area contributed by atoms with Gasteiger partial charge in [0.15, 0.2) is 5.69 Å². The lowest BCUT2D eigenvalue weighted by atomic mass is 9.96. The van der Waals surface area contributed by atoms with Crippen LogP contribution < -0.4 is 4.74 Å². The number of aryl methyl sites for hydroxylation is 1. The number of rotatable bonds is 6. The van der Waals surface area contributed by atoms with E-state index in [9.17, 15) is 9.90 Å². The second kappa shape index (κ2) is 8.36. The lowest BCUT2D eigenvalue weighted by Gasteiger charge is -2.26. The van der Waals surface area contributed by atoms with Crippen LogP contribution in [0.25, 0.3) is 0 Å². The molecule has 1 fully saturated rings. The van der Waals surface area contributed by atoms with Crippen LogP contribution in [-0.4, -0.2) is 46.4 Å². The Hall–Kier alpha value is -2.34. The van der Waals surface area contributed by atoms with E-state index in [1.807, 2.05) is 30.3 Å². The molecule has 1 atom stereocenters. The largest absolute Gasteiger partial charge is 0.491 e. The molecule has 140 valence electrons. The van der Waals surface area contributed by atoms with Gasteiger partial charge in [0.05, 0.1) is 0 Å². The first kappa shape index (κ1) is 18.5. The highest BCUT2D eigenvalue weighted by atomic mass is 16.5. The van der Waals surface area contributed by atoms with E-state index in [1.54, 1.807) is 11.0 Å². The quantitative estimate of drug-likeness (QED) is 0.859. The van der Waals surface area contributed by atoms with Gasteiger partial charge in [0.1, 0.15) is 23.7 Å². The summed E-state index contributed by atoms with van der Waals surface area (Å²) in [6.45, 7) is 3.35. The first-order valence-corrected chi connectivity index (χ1v) is 9.25. The number of aromatic nitrogens is 1. The number of likely N-dealkylation sites (tertiary alicyclic amines) is 1. The number of amides is 1. The van der Waals surface area contributed by atoms with Gasteiger partial charge in [-0.25, -0.2) is 0 Å². The maximum Gasteiger partial charge on any atom is 0.276 e. The molecule has 3 rings (SSSR count). The second-order valence-electron chi connectivity index (χ2n) is 6.90. The average molecular weight is 358 g/mol. The van der Waals surface area contributed by atoms with Crippen LogP contribution in [0.15, 0.2) is 40.9 Å². The standard InChI is InChI=1S/C20H26N2O4/c1-2-7-17-14-18(21-26-17)19(23)22-12-6-10-20(24,11-13-22)15-25-16-8-4-3-5-9-16/h3-5,8-9,14,24H,2,6-7,10-13,15H2,1H3. The summed E-state index contributed by atoms with van der Waals surface area (Å²) in [5, 5.41) is 14.8. The minimum absolute atomic E-state index is 0.135. The van der Waals surface area contributed by atoms with Crippen molar-refractivity contribution in [3.8, 4) is 5.75 Å². The average Bonchev–Trinajstić information content (AvgIpc) is 3.03. The smallest absolute Gasteiger partial charge is 0.276 e. The maximum atomic E-state index is 12.7. The van der Waals surface area contributed by atoms with Crippen molar-refractivity contribution in [1.82, 2.24) is 10.1 Å². The van der Waals surface area contributed by atoms with Gasteiger partial charge in [-0.05, 0) is 37.8 Å². The summed E-state index contributed by atoms with van der Waals surface area (Å²) in [7, 11) is 0. The third-order valence-corrected chi connectivity index (χ3v) is 4.73. The van der Waals surface area contributed by atoms with Crippen molar-refractivity contribution in [2.45, 2.75) is 44.6 Å². The molecule has 1 saturated heterocycles. The Kier molecular flexibility index (Phi) is 5.93. The topological polar surface area (TPSA) is 75.8 Å². The molecular weight excluding hydrogens is 332 g/mol. The second-order valence-corrected chi connectivity index (χ2v) is 6.90. The Morgan fingerprint density at radius 3 is 2.88 bits per heavy atom. The molecule has 0 spiro atoms. The summed E-state index contributed by atoms with van der Waals surface area (Å²) >= 11 is 0. The molecule has 1 aromatic carbocycles. The van der Waals surface area contributed by atoms with Gasteiger partial charge in [-0.1, -0.05) is 30.3 Å². The summed E-state index contributed by atoms with van der Waals surface area (Å²) in [4.78, 5) is 14.4. The van der Waals surface area contributed by atoms with Gasteiger partial charge in [-0.15, -0.1) is 0 Å². The van der Waals surface area contributed by atoms with Crippen molar-refractivity contribution in [3.63, 3.8) is 0 Å². The van der Waals surface area contributed by atoms with E-state index in [2.05, 4.69) is 12.1 Å². The van der Waals surface area contributed by atoms with Crippen molar-refractivity contribution in [2.24, 2.45) is 0 Å². The predicted octanol–water partition coefficient (Wildman–Crippen LogP) is 3.06. The third-order valence-electron chi connectivity index (χ3n) is 4.73. The normalized spacial score (nSPS) is 20.6. The van der Waals surface area contributed by atoms with E-state index in [0.29, 0.717) is 31.6 Å². The lowest BCUT2D eigenvalue weighted by molar-refractivity contribution is -0.0163. The van der Waals surface area contributed by atoms with Crippen LogP contribution in [0.2, 0.25) is 0 Å². The highest BCUT2D eigenvalue weighted by molar-refractivity contribution is 5.92. The summed E-state index contributed by atoms with van der Waals surface area (Å²) in [5.41, 5.74) is -0.582. The molecule has 2 heterocycles. The van der Waals surface area contributed by atoms with Gasteiger partial charge < -0.3 is 19.3 Å². The first-order valence-electron chi connectivity index (χ1n) is 9.25. The molecule has 1 aliphatic rings. The van der Waals surface area contributed by atoms with Gasteiger partial charge >= 0.3 is 0 Å². The zero-order valence-electron chi connectivity index (χ0n) is 15.2. The molecular formula is C20H26N2O4. The Morgan fingerprint density at radius 1 is 1.31 bits per heavy atom. The summed E-state index contributed by atoms with van der Waals surface area (Å²) in [6, 6.07) is 11.2. The molecule has 2 aromatic rings. The molecule has 6 heteroatoms. The molecule has 1 unspecified atom stereocenters. The highest BCUT2D eigenvalue weighted by Crippen LogP contribution is 2.25. The summed E-state index contributed by atoms with van der Waals surface area (Å²) in [5.74, 6) is 1.34. The zero-order chi connectivity index (χ0) is 18.4. The van der Waals surface area contributed by atoms with Gasteiger partial charge in [0, 0.05) is 25.6 Å². The minimum atomic E-state index is -0.929. The monoisotopic (exact) mass is 358 g/mol. The Balaban J connectivity index is 1.57. The van der Waals surface area contributed by atoms with E-state index in [1.165, 1.54) is 0 Å². The molecule has 1 N–H and O–H groups in total. The highest BCUT2D eigenvalue weighted by Gasteiger charge is 2.33. The van der Waals surface area contributed by atoms with Crippen LogP contribution in [0.5, 0.6) is 5.75 Å². The molecule has 0 aliphatic carbocycles. The van der Waals surface area contributed by atoms with Crippen LogP contribution in [-0.2, 0) is 6.42 Å². The summed E-state index contributed by atoms with van der Waals surface area (Å²) < 4.78 is 10.9. The number of para-hydroxylation sites is 1. The van der Waals surface area contributed by atoms with Crippen LogP contribution >= 0.6 is 0 Å². The number of ether oxygens (including phenoxy) is 1. The molecule has 1 aliphatic heterocycles. The van der Waals surface area contributed by atoms with E-state index >= 15 is 0 Å². The van der Waals surface area contributed by atoms with Crippen molar-refractivity contribution >= 4 is 5.91 Å². The molecule has 0 bridgehead atoms. The number of aliphatic hydroxyl groups is 1. The fraction of sp³-hybridized carbons (Fsp3) is 0.500. The van der Waals surface area contributed by atoms with Gasteiger partial charge in [0.25, 0.3) is 5.91 Å². The first-order chi connectivity index (χ1) is 12.6. The van der Waals surface area contributed by atoms with Crippen molar-refractivity contribution in [1.29, 1.82) is 0 Å². The van der Waals surface area contributed by atoms with E-state index in [-0.39, 0.29) is 12.5 Å². The van der Waals surface area contributed by atoms with Crippen molar-refractivity contribution < 1.29 is 19.2 Å². The van der Waals surface area contributed by atoms with E-state index in [0.717, 1.165) is 30.8 Å². The van der Waals surface area contributed by atoms with Crippen LogP contribution in [0.4, 0.5) is 0 Å². The maximum absolute atomic E-state index is 12.7. The van der Waals surface area contributed by atoms with Gasteiger partial charge in [-0.2, -0.15) is 0 Å². The van der Waals surface area contributed by atoms with Gasteiger partial charge in [0.2, 0.25) is 0 Å².